The van der Waals surface area contributed by atoms with Crippen molar-refractivity contribution in [2.75, 3.05) is 13.2 Å². The van der Waals surface area contributed by atoms with Crippen LogP contribution in [0.15, 0.2) is 12.1 Å². The molecular weight excluding hydrogens is 264 g/mol. The second kappa shape index (κ2) is 5.32. The summed E-state index contributed by atoms with van der Waals surface area (Å²) in [5.74, 6) is 2.14. The molecule has 0 spiro atoms. The largest absolute Gasteiger partial charge is 0.477 e. The highest BCUT2D eigenvalue weighted by atomic mass is 16.5. The van der Waals surface area contributed by atoms with Crippen LogP contribution in [0.25, 0.3) is 0 Å². The molecule has 0 unspecified atom stereocenters. The van der Waals surface area contributed by atoms with E-state index in [0.717, 1.165) is 56.5 Å². The summed E-state index contributed by atoms with van der Waals surface area (Å²) >= 11 is 0. The van der Waals surface area contributed by atoms with Gasteiger partial charge in [-0.05, 0) is 37.2 Å². The molecule has 0 aromatic carbocycles. The van der Waals surface area contributed by atoms with E-state index in [-0.39, 0.29) is 0 Å². The number of amides is 1. The maximum absolute atomic E-state index is 12.3. The second-order valence-electron chi connectivity index (χ2n) is 6.65. The Labute approximate surface area is 125 Å². The predicted molar refractivity (Wildman–Crippen MR) is 78.9 cm³/mol. The number of carbonyl (C=O) groups is 1. The fourth-order valence-corrected chi connectivity index (χ4v) is 3.07. The van der Waals surface area contributed by atoms with Gasteiger partial charge in [0.25, 0.3) is 0 Å². The molecule has 112 valence electrons. The summed E-state index contributed by atoms with van der Waals surface area (Å²) < 4.78 is 5.74. The zero-order valence-electron chi connectivity index (χ0n) is 12.4. The van der Waals surface area contributed by atoms with Crippen molar-refractivity contribution in [3.05, 3.63) is 23.4 Å². The lowest BCUT2D eigenvalue weighted by atomic mass is 9.84. The Morgan fingerprint density at radius 1 is 1.29 bits per heavy atom. The molecular formula is C17H22N2O2. The first-order valence-electron chi connectivity index (χ1n) is 8.20. The van der Waals surface area contributed by atoms with E-state index in [1.54, 1.807) is 0 Å². The standard InChI is InChI=1S/C17H22N2O2/c20-17(13-2-1-3-13)19-9-8-15-14(10-19)6-7-16(18-15)21-11-12-4-5-12/h6-7,12-13H,1-5,8-11H2. The number of carbonyl (C=O) groups excluding carboxylic acids is 1. The molecule has 1 aliphatic heterocycles. The van der Waals surface area contributed by atoms with E-state index in [0.29, 0.717) is 11.8 Å². The van der Waals surface area contributed by atoms with Gasteiger partial charge < -0.3 is 9.64 Å². The average Bonchev–Trinajstić information content (AvgIpc) is 3.26. The van der Waals surface area contributed by atoms with Gasteiger partial charge in [0, 0.05) is 31.5 Å². The van der Waals surface area contributed by atoms with E-state index in [1.807, 2.05) is 11.0 Å². The minimum absolute atomic E-state index is 0.292. The van der Waals surface area contributed by atoms with Crippen LogP contribution in [0.4, 0.5) is 0 Å². The number of nitrogens with zero attached hydrogens (tertiary/aromatic N) is 2. The van der Waals surface area contributed by atoms with Crippen molar-refractivity contribution in [3.8, 4) is 5.88 Å². The SMILES string of the molecule is O=C(C1CCC1)N1CCc2nc(OCC3CC3)ccc2C1. The van der Waals surface area contributed by atoms with Crippen LogP contribution in [0.2, 0.25) is 0 Å². The van der Waals surface area contributed by atoms with Crippen molar-refractivity contribution in [3.63, 3.8) is 0 Å². The minimum Gasteiger partial charge on any atom is -0.477 e. The number of rotatable bonds is 4. The molecule has 1 aromatic heterocycles. The molecule has 21 heavy (non-hydrogen) atoms. The lowest BCUT2D eigenvalue weighted by Gasteiger charge is -2.34. The zero-order chi connectivity index (χ0) is 14.2. The molecule has 4 heteroatoms. The van der Waals surface area contributed by atoms with Gasteiger partial charge >= 0.3 is 0 Å². The van der Waals surface area contributed by atoms with Gasteiger partial charge in [-0.2, -0.15) is 0 Å². The van der Waals surface area contributed by atoms with Crippen LogP contribution >= 0.6 is 0 Å². The van der Waals surface area contributed by atoms with Gasteiger partial charge in [-0.3, -0.25) is 4.79 Å². The smallest absolute Gasteiger partial charge is 0.225 e. The van der Waals surface area contributed by atoms with Gasteiger partial charge in [0.1, 0.15) is 0 Å². The summed E-state index contributed by atoms with van der Waals surface area (Å²) in [6.07, 6.45) is 6.81. The Balaban J connectivity index is 1.41. The number of hydrogen-bond donors (Lipinski definition) is 0. The summed E-state index contributed by atoms with van der Waals surface area (Å²) in [4.78, 5) is 19.0. The van der Waals surface area contributed by atoms with Crippen LogP contribution in [0.3, 0.4) is 0 Å². The highest BCUT2D eigenvalue weighted by Gasteiger charge is 2.31. The highest BCUT2D eigenvalue weighted by molar-refractivity contribution is 5.79. The van der Waals surface area contributed by atoms with Crippen molar-refractivity contribution in [1.82, 2.24) is 9.88 Å². The molecule has 4 rings (SSSR count). The third-order valence-electron chi connectivity index (χ3n) is 4.95. The van der Waals surface area contributed by atoms with Crippen molar-refractivity contribution in [2.24, 2.45) is 11.8 Å². The van der Waals surface area contributed by atoms with Crippen LogP contribution in [-0.4, -0.2) is 28.9 Å². The molecule has 1 aromatic rings. The van der Waals surface area contributed by atoms with Crippen molar-refractivity contribution >= 4 is 5.91 Å². The first kappa shape index (κ1) is 13.1. The number of fused-ring (bicyclic) bond motifs is 1. The lowest BCUT2D eigenvalue weighted by molar-refractivity contribution is -0.139. The Morgan fingerprint density at radius 2 is 2.14 bits per heavy atom. The monoisotopic (exact) mass is 286 g/mol. The fourth-order valence-electron chi connectivity index (χ4n) is 3.07. The van der Waals surface area contributed by atoms with E-state index in [2.05, 4.69) is 11.1 Å². The third-order valence-corrected chi connectivity index (χ3v) is 4.95. The van der Waals surface area contributed by atoms with Crippen LogP contribution in [0, 0.1) is 11.8 Å². The van der Waals surface area contributed by atoms with E-state index in [4.69, 9.17) is 4.74 Å². The lowest BCUT2D eigenvalue weighted by Crippen LogP contribution is -2.42. The Bertz CT molecular complexity index is 550. The Kier molecular flexibility index (Phi) is 3.32. The first-order valence-corrected chi connectivity index (χ1v) is 8.20. The third kappa shape index (κ3) is 2.76. The van der Waals surface area contributed by atoms with Crippen molar-refractivity contribution in [1.29, 1.82) is 0 Å². The molecule has 2 aliphatic carbocycles. The Hall–Kier alpha value is -1.58. The second-order valence-corrected chi connectivity index (χ2v) is 6.65. The van der Waals surface area contributed by atoms with Crippen LogP contribution in [0.5, 0.6) is 5.88 Å². The number of pyridine rings is 1. The fraction of sp³-hybridized carbons (Fsp3) is 0.647. The maximum atomic E-state index is 12.3. The maximum Gasteiger partial charge on any atom is 0.225 e. The molecule has 0 atom stereocenters. The van der Waals surface area contributed by atoms with Crippen LogP contribution in [0.1, 0.15) is 43.4 Å². The molecule has 0 N–H and O–H groups in total. The molecule has 2 fully saturated rings. The normalized spacial score (nSPS) is 21.6. The first-order chi connectivity index (χ1) is 10.3. The quantitative estimate of drug-likeness (QED) is 0.854. The number of hydrogen-bond acceptors (Lipinski definition) is 3. The summed E-state index contributed by atoms with van der Waals surface area (Å²) in [5.41, 5.74) is 2.30. The molecule has 0 bridgehead atoms. The molecule has 1 amide bonds. The van der Waals surface area contributed by atoms with Gasteiger partial charge in [0.05, 0.1) is 12.3 Å². The Morgan fingerprint density at radius 3 is 2.86 bits per heavy atom. The van der Waals surface area contributed by atoms with Crippen molar-refractivity contribution in [2.45, 2.75) is 45.1 Å². The minimum atomic E-state index is 0.292. The van der Waals surface area contributed by atoms with Gasteiger partial charge in [0.15, 0.2) is 0 Å². The van der Waals surface area contributed by atoms with Gasteiger partial charge in [-0.1, -0.05) is 12.5 Å². The van der Waals surface area contributed by atoms with Crippen LogP contribution in [-0.2, 0) is 17.8 Å². The summed E-state index contributed by atoms with van der Waals surface area (Å²) in [5, 5.41) is 0. The average molecular weight is 286 g/mol. The number of ether oxygens (including phenoxy) is 1. The van der Waals surface area contributed by atoms with Crippen molar-refractivity contribution < 1.29 is 9.53 Å². The summed E-state index contributed by atoms with van der Waals surface area (Å²) in [6, 6.07) is 4.04. The molecule has 2 heterocycles. The van der Waals surface area contributed by atoms with Gasteiger partial charge in [-0.25, -0.2) is 4.98 Å². The number of aromatic nitrogens is 1. The van der Waals surface area contributed by atoms with E-state index >= 15 is 0 Å². The summed E-state index contributed by atoms with van der Waals surface area (Å²) in [7, 11) is 0. The van der Waals surface area contributed by atoms with E-state index in [1.165, 1.54) is 24.8 Å². The highest BCUT2D eigenvalue weighted by Crippen LogP contribution is 2.31. The topological polar surface area (TPSA) is 42.4 Å². The molecule has 2 saturated carbocycles. The molecule has 0 radical (unpaired) electrons. The predicted octanol–water partition coefficient (Wildman–Crippen LogP) is 2.56. The molecule has 4 nitrogen and oxygen atoms in total. The molecule has 0 saturated heterocycles. The van der Waals surface area contributed by atoms with E-state index < -0.39 is 0 Å². The van der Waals surface area contributed by atoms with Crippen LogP contribution < -0.4 is 4.74 Å². The van der Waals surface area contributed by atoms with Gasteiger partial charge in [0.2, 0.25) is 11.8 Å². The van der Waals surface area contributed by atoms with Gasteiger partial charge in [-0.15, -0.1) is 0 Å². The van der Waals surface area contributed by atoms with E-state index in [9.17, 15) is 4.79 Å². The summed E-state index contributed by atoms with van der Waals surface area (Å²) in [6.45, 7) is 2.33. The zero-order valence-corrected chi connectivity index (χ0v) is 12.4. The molecule has 3 aliphatic rings.